The van der Waals surface area contributed by atoms with E-state index in [0.29, 0.717) is 33.3 Å². The molecule has 1 unspecified atom stereocenters. The Morgan fingerprint density at radius 1 is 0.938 bits per heavy atom. The zero-order valence-corrected chi connectivity index (χ0v) is 26.6. The Labute approximate surface area is 275 Å². The first-order chi connectivity index (χ1) is 23.1. The van der Waals surface area contributed by atoms with Crippen LogP contribution in [0.2, 0.25) is 0 Å². The number of fused-ring (bicyclic) bond motifs is 1. The van der Waals surface area contributed by atoms with Crippen LogP contribution < -0.4 is 21.3 Å². The van der Waals surface area contributed by atoms with Crippen molar-refractivity contribution in [2.75, 3.05) is 16.7 Å². The van der Waals surface area contributed by atoms with Crippen molar-refractivity contribution in [1.29, 1.82) is 0 Å². The molecular weight excluding hydrogens is 629 g/mol. The van der Waals surface area contributed by atoms with Gasteiger partial charge >= 0.3 is 0 Å². The van der Waals surface area contributed by atoms with Crippen LogP contribution >= 0.6 is 0 Å². The molecule has 0 saturated carbocycles. The number of sulfonamides is 1. The zero-order chi connectivity index (χ0) is 33.8. The standard InChI is InChI=1S/C35H28N8O4S/c1-22(40-34(44)32-33(36)39-21-29(41-32)26-17-27(20-38-19-26)42-48(2,46)47)30-18-25-8-6-7-24(12-11-23-13-15-37-16-14-23)31(25)35(45)43(30)28-9-4-3-5-10-28/h3-10,13-22,42H,1-2H3,(H2,36,39)(H,40,44). The molecule has 1 amide bonds. The summed E-state index contributed by atoms with van der Waals surface area (Å²) in [6.07, 6.45) is 8.50. The molecule has 0 saturated heterocycles. The molecule has 6 rings (SSSR count). The minimum absolute atomic E-state index is 0.113. The largest absolute Gasteiger partial charge is 0.382 e. The van der Waals surface area contributed by atoms with Crippen molar-refractivity contribution in [2.24, 2.45) is 0 Å². The van der Waals surface area contributed by atoms with Gasteiger partial charge in [-0.2, -0.15) is 0 Å². The molecule has 0 radical (unpaired) electrons. The third-order valence-electron chi connectivity index (χ3n) is 7.26. The van der Waals surface area contributed by atoms with Gasteiger partial charge in [-0.3, -0.25) is 28.8 Å². The van der Waals surface area contributed by atoms with E-state index >= 15 is 0 Å². The fraction of sp³-hybridized carbons (Fsp3) is 0.0857. The summed E-state index contributed by atoms with van der Waals surface area (Å²) < 4.78 is 27.3. The van der Waals surface area contributed by atoms with Crippen molar-refractivity contribution in [3.8, 4) is 28.8 Å². The molecule has 4 aromatic heterocycles. The van der Waals surface area contributed by atoms with Crippen molar-refractivity contribution >= 4 is 38.2 Å². The van der Waals surface area contributed by atoms with Crippen LogP contribution in [0.4, 0.5) is 11.5 Å². The summed E-state index contributed by atoms with van der Waals surface area (Å²) in [5.74, 6) is 5.50. The van der Waals surface area contributed by atoms with E-state index in [1.54, 1.807) is 42.1 Å². The van der Waals surface area contributed by atoms with Gasteiger partial charge in [0.25, 0.3) is 11.5 Å². The number of hydrogen-bond donors (Lipinski definition) is 3. The molecule has 12 nitrogen and oxygen atoms in total. The lowest BCUT2D eigenvalue weighted by atomic mass is 10.0. The predicted octanol–water partition coefficient (Wildman–Crippen LogP) is 4.08. The Morgan fingerprint density at radius 3 is 2.46 bits per heavy atom. The number of pyridine rings is 3. The molecule has 0 aliphatic carbocycles. The third-order valence-corrected chi connectivity index (χ3v) is 7.86. The molecule has 0 fully saturated rings. The lowest BCUT2D eigenvalue weighted by Crippen LogP contribution is -2.33. The Balaban J connectivity index is 1.39. The maximum absolute atomic E-state index is 14.3. The molecule has 238 valence electrons. The maximum Gasteiger partial charge on any atom is 0.274 e. The molecule has 4 heterocycles. The van der Waals surface area contributed by atoms with E-state index in [1.165, 1.54) is 24.7 Å². The number of nitrogens with one attached hydrogen (secondary N) is 2. The number of anilines is 2. The number of nitrogen functional groups attached to an aromatic ring is 1. The SMILES string of the molecule is CC(NC(=O)c1nc(-c2cncc(NS(C)(=O)=O)c2)cnc1N)c1cc2cccc(C#Cc3ccncc3)c2c(=O)n1-c1ccccc1. The van der Waals surface area contributed by atoms with E-state index in [4.69, 9.17) is 5.73 Å². The van der Waals surface area contributed by atoms with Crippen LogP contribution in [0.25, 0.3) is 27.7 Å². The first-order valence-corrected chi connectivity index (χ1v) is 16.5. The van der Waals surface area contributed by atoms with Gasteiger partial charge in [0, 0.05) is 46.7 Å². The van der Waals surface area contributed by atoms with Gasteiger partial charge in [-0.1, -0.05) is 42.2 Å². The van der Waals surface area contributed by atoms with E-state index in [0.717, 1.165) is 11.8 Å². The van der Waals surface area contributed by atoms with E-state index in [1.807, 2.05) is 48.5 Å². The fourth-order valence-electron chi connectivity index (χ4n) is 5.12. The van der Waals surface area contributed by atoms with Crippen LogP contribution in [0.3, 0.4) is 0 Å². The molecule has 13 heteroatoms. The minimum Gasteiger partial charge on any atom is -0.382 e. The molecule has 48 heavy (non-hydrogen) atoms. The van der Waals surface area contributed by atoms with Crippen molar-refractivity contribution in [2.45, 2.75) is 13.0 Å². The molecule has 6 aromatic rings. The second-order valence-electron chi connectivity index (χ2n) is 10.8. The summed E-state index contributed by atoms with van der Waals surface area (Å²) in [6.45, 7) is 1.75. The smallest absolute Gasteiger partial charge is 0.274 e. The van der Waals surface area contributed by atoms with Crippen molar-refractivity contribution in [3.05, 3.63) is 137 Å². The van der Waals surface area contributed by atoms with Crippen LogP contribution in [-0.4, -0.2) is 45.1 Å². The number of amides is 1. The van der Waals surface area contributed by atoms with Crippen molar-refractivity contribution in [3.63, 3.8) is 0 Å². The number of hydrogen-bond acceptors (Lipinski definition) is 9. The summed E-state index contributed by atoms with van der Waals surface area (Å²) in [4.78, 5) is 44.6. The van der Waals surface area contributed by atoms with Gasteiger partial charge in [0.05, 0.1) is 41.5 Å². The van der Waals surface area contributed by atoms with Gasteiger partial charge in [-0.15, -0.1) is 0 Å². The zero-order valence-electron chi connectivity index (χ0n) is 25.7. The molecule has 0 spiro atoms. The summed E-state index contributed by atoms with van der Waals surface area (Å²) >= 11 is 0. The van der Waals surface area contributed by atoms with Gasteiger partial charge < -0.3 is 11.1 Å². The number of para-hydroxylation sites is 1. The Kier molecular flexibility index (Phi) is 8.65. The highest BCUT2D eigenvalue weighted by Crippen LogP contribution is 2.25. The van der Waals surface area contributed by atoms with E-state index in [-0.39, 0.29) is 28.5 Å². The lowest BCUT2D eigenvalue weighted by molar-refractivity contribution is 0.0934. The van der Waals surface area contributed by atoms with Crippen LogP contribution in [0.15, 0.2) is 109 Å². The first kappa shape index (κ1) is 31.6. The number of benzene rings is 2. The third kappa shape index (κ3) is 6.88. The molecule has 4 N–H and O–H groups in total. The predicted molar refractivity (Wildman–Crippen MR) is 184 cm³/mol. The second kappa shape index (κ2) is 13.1. The van der Waals surface area contributed by atoms with Crippen LogP contribution in [0.1, 0.15) is 40.3 Å². The molecule has 0 aliphatic rings. The van der Waals surface area contributed by atoms with Crippen molar-refractivity contribution in [1.82, 2.24) is 29.8 Å². The normalized spacial score (nSPS) is 11.7. The lowest BCUT2D eigenvalue weighted by Gasteiger charge is -2.21. The van der Waals surface area contributed by atoms with Gasteiger partial charge in [0.1, 0.15) is 0 Å². The average molecular weight is 657 g/mol. The highest BCUT2D eigenvalue weighted by atomic mass is 32.2. The number of nitrogens with two attached hydrogens (primary N) is 1. The van der Waals surface area contributed by atoms with E-state index < -0.39 is 22.0 Å². The molecular formula is C35H28N8O4S. The summed E-state index contributed by atoms with van der Waals surface area (Å²) in [5.41, 5.74) is 8.96. The number of rotatable bonds is 7. The highest BCUT2D eigenvalue weighted by molar-refractivity contribution is 7.92. The summed E-state index contributed by atoms with van der Waals surface area (Å²) in [6, 6.07) is 20.8. The van der Waals surface area contributed by atoms with E-state index in [2.05, 4.69) is 41.8 Å². The van der Waals surface area contributed by atoms with E-state index in [9.17, 15) is 18.0 Å². The quantitative estimate of drug-likeness (QED) is 0.214. The first-order valence-electron chi connectivity index (χ1n) is 14.6. The fourth-order valence-corrected chi connectivity index (χ4v) is 5.66. The molecule has 0 bridgehead atoms. The van der Waals surface area contributed by atoms with Gasteiger partial charge in [-0.25, -0.2) is 18.4 Å². The monoisotopic (exact) mass is 656 g/mol. The number of carbonyl (C=O) groups is 1. The highest BCUT2D eigenvalue weighted by Gasteiger charge is 2.22. The number of carbonyl (C=O) groups excluding carboxylic acids is 1. The Morgan fingerprint density at radius 2 is 1.71 bits per heavy atom. The molecule has 2 aromatic carbocycles. The topological polar surface area (TPSA) is 175 Å². The maximum atomic E-state index is 14.3. The minimum atomic E-state index is -3.55. The van der Waals surface area contributed by atoms with Crippen molar-refractivity contribution < 1.29 is 13.2 Å². The second-order valence-corrected chi connectivity index (χ2v) is 12.6. The average Bonchev–Trinajstić information content (AvgIpc) is 3.07. The number of nitrogens with zero attached hydrogens (tertiary/aromatic N) is 5. The summed E-state index contributed by atoms with van der Waals surface area (Å²) in [5, 5.41) is 4.01. The van der Waals surface area contributed by atoms with Crippen LogP contribution in [-0.2, 0) is 10.0 Å². The molecule has 0 aliphatic heterocycles. The number of aromatic nitrogens is 5. The Bertz CT molecular complexity index is 2410. The molecule has 1 atom stereocenters. The van der Waals surface area contributed by atoms with Crippen LogP contribution in [0.5, 0.6) is 0 Å². The van der Waals surface area contributed by atoms with Gasteiger partial charge in [0.15, 0.2) is 11.5 Å². The summed E-state index contributed by atoms with van der Waals surface area (Å²) in [7, 11) is -3.55. The van der Waals surface area contributed by atoms with Gasteiger partial charge in [-0.05, 0) is 54.8 Å². The van der Waals surface area contributed by atoms with Crippen LogP contribution in [0, 0.1) is 11.8 Å². The van der Waals surface area contributed by atoms with Gasteiger partial charge in [0.2, 0.25) is 10.0 Å². The Hall–Kier alpha value is -6.39.